The zero-order chi connectivity index (χ0) is 18.8. The summed E-state index contributed by atoms with van der Waals surface area (Å²) in [5.41, 5.74) is 7.00. The molecule has 25 heavy (non-hydrogen) atoms. The number of hydrogen-bond donors (Lipinski definition) is 1. The second kappa shape index (κ2) is 7.01. The number of amides is 1. The van der Waals surface area contributed by atoms with Crippen molar-refractivity contribution in [1.82, 2.24) is 0 Å². The molecule has 0 aliphatic rings. The minimum Gasteiger partial charge on any atom is -0.454 e. The molecule has 6 heteroatoms. The number of carbonyl (C=O) groups is 1. The maximum atomic E-state index is 13.9. The number of rotatable bonds is 3. The number of nitrogens with zero attached hydrogens (tertiary/aromatic N) is 1. The first-order chi connectivity index (χ1) is 11.6. The highest BCUT2D eigenvalue weighted by atomic mass is 19.1. The van der Waals surface area contributed by atoms with Gasteiger partial charge in [0, 0.05) is 13.1 Å². The second-order valence-corrected chi connectivity index (χ2v) is 6.80. The van der Waals surface area contributed by atoms with E-state index in [2.05, 4.69) is 0 Å². The molecule has 0 aliphatic carbocycles. The topological polar surface area (TPSA) is 64.8 Å². The van der Waals surface area contributed by atoms with Crippen molar-refractivity contribution >= 4 is 17.5 Å². The Bertz CT molecular complexity index is 785. The Balaban J connectivity index is 2.28. The maximum absolute atomic E-state index is 13.9. The van der Waals surface area contributed by atoms with Crippen molar-refractivity contribution in [3.63, 3.8) is 0 Å². The van der Waals surface area contributed by atoms with Gasteiger partial charge in [-0.2, -0.15) is 0 Å². The third-order valence-corrected chi connectivity index (χ3v) is 3.35. The lowest BCUT2D eigenvalue weighted by Crippen LogP contribution is -2.34. The van der Waals surface area contributed by atoms with Crippen LogP contribution in [0.3, 0.4) is 0 Å². The van der Waals surface area contributed by atoms with Crippen LogP contribution in [0.1, 0.15) is 26.3 Å². The van der Waals surface area contributed by atoms with Crippen LogP contribution in [0.15, 0.2) is 36.4 Å². The minimum atomic E-state index is -0.626. The third kappa shape index (κ3) is 4.86. The fraction of sp³-hybridized carbons (Fsp3) is 0.316. The smallest absolute Gasteiger partial charge is 0.414 e. The number of aryl methyl sites for hydroxylation is 1. The lowest BCUT2D eigenvalue weighted by molar-refractivity contribution is 0.0589. The molecule has 2 aromatic rings. The van der Waals surface area contributed by atoms with Crippen LogP contribution in [0.5, 0.6) is 11.5 Å². The molecular formula is C19H23FN2O3. The van der Waals surface area contributed by atoms with Crippen molar-refractivity contribution in [2.24, 2.45) is 0 Å². The van der Waals surface area contributed by atoms with Crippen LogP contribution >= 0.6 is 0 Å². The summed E-state index contributed by atoms with van der Waals surface area (Å²) in [4.78, 5) is 13.5. The summed E-state index contributed by atoms with van der Waals surface area (Å²) in [6, 6.07) is 9.38. The normalized spacial score (nSPS) is 11.1. The van der Waals surface area contributed by atoms with Crippen LogP contribution < -0.4 is 15.4 Å². The van der Waals surface area contributed by atoms with Gasteiger partial charge in [-0.1, -0.05) is 6.07 Å². The Morgan fingerprint density at radius 3 is 2.48 bits per heavy atom. The van der Waals surface area contributed by atoms with Gasteiger partial charge in [-0.3, -0.25) is 4.90 Å². The van der Waals surface area contributed by atoms with Crippen molar-refractivity contribution in [1.29, 1.82) is 0 Å². The summed E-state index contributed by atoms with van der Waals surface area (Å²) in [5.74, 6) is 0.00391. The summed E-state index contributed by atoms with van der Waals surface area (Å²) >= 11 is 0. The van der Waals surface area contributed by atoms with Gasteiger partial charge in [0.05, 0.1) is 11.4 Å². The number of anilines is 2. The molecule has 0 heterocycles. The predicted octanol–water partition coefficient (Wildman–Crippen LogP) is 4.88. The van der Waals surface area contributed by atoms with E-state index in [1.165, 1.54) is 11.0 Å². The van der Waals surface area contributed by atoms with Gasteiger partial charge >= 0.3 is 6.09 Å². The summed E-state index contributed by atoms with van der Waals surface area (Å²) in [7, 11) is 1.55. The highest BCUT2D eigenvalue weighted by molar-refractivity contribution is 5.91. The number of nitrogens with two attached hydrogens (primary N) is 1. The molecule has 0 aliphatic heterocycles. The quantitative estimate of drug-likeness (QED) is 0.805. The maximum Gasteiger partial charge on any atom is 0.414 e. The first kappa shape index (κ1) is 18.6. The first-order valence-electron chi connectivity index (χ1n) is 7.87. The number of nitrogen functional groups attached to an aromatic ring is 1. The molecule has 1 amide bonds. The van der Waals surface area contributed by atoms with E-state index in [1.54, 1.807) is 58.2 Å². The largest absolute Gasteiger partial charge is 0.454 e. The SMILES string of the molecule is Cc1ccc(F)c(Oc2ccc(N)c(N(C)C(=O)OC(C)(C)C)c2)c1. The summed E-state index contributed by atoms with van der Waals surface area (Å²) in [5, 5.41) is 0. The van der Waals surface area contributed by atoms with Crippen molar-refractivity contribution in [2.75, 3.05) is 17.7 Å². The lowest BCUT2D eigenvalue weighted by Gasteiger charge is -2.25. The Hall–Kier alpha value is -2.76. The number of benzene rings is 2. The van der Waals surface area contributed by atoms with Crippen LogP contribution in [0.2, 0.25) is 0 Å². The van der Waals surface area contributed by atoms with Crippen molar-refractivity contribution < 1.29 is 18.7 Å². The van der Waals surface area contributed by atoms with E-state index < -0.39 is 17.5 Å². The Morgan fingerprint density at radius 1 is 1.16 bits per heavy atom. The fourth-order valence-corrected chi connectivity index (χ4v) is 2.12. The fourth-order valence-electron chi connectivity index (χ4n) is 2.12. The van der Waals surface area contributed by atoms with E-state index >= 15 is 0 Å². The number of ether oxygens (including phenoxy) is 2. The molecule has 0 saturated heterocycles. The van der Waals surface area contributed by atoms with Gasteiger partial charge in [-0.25, -0.2) is 9.18 Å². The number of carbonyl (C=O) groups excluding carboxylic acids is 1. The zero-order valence-corrected chi connectivity index (χ0v) is 15.1. The van der Waals surface area contributed by atoms with Crippen LogP contribution in [0.25, 0.3) is 0 Å². The summed E-state index contributed by atoms with van der Waals surface area (Å²) in [6.07, 6.45) is -0.543. The van der Waals surface area contributed by atoms with Gasteiger partial charge in [0.25, 0.3) is 0 Å². The van der Waals surface area contributed by atoms with E-state index in [9.17, 15) is 9.18 Å². The van der Waals surface area contributed by atoms with Gasteiger partial charge in [0.1, 0.15) is 11.4 Å². The molecule has 0 saturated carbocycles. The molecule has 0 unspecified atom stereocenters. The second-order valence-electron chi connectivity index (χ2n) is 6.80. The molecule has 0 radical (unpaired) electrons. The number of halogens is 1. The van der Waals surface area contributed by atoms with Gasteiger partial charge in [-0.05, 0) is 57.5 Å². The number of hydrogen-bond acceptors (Lipinski definition) is 4. The molecule has 0 atom stereocenters. The Morgan fingerprint density at radius 2 is 1.84 bits per heavy atom. The van der Waals surface area contributed by atoms with Crippen LogP contribution in [0, 0.1) is 12.7 Å². The standard InChI is InChI=1S/C19H23FN2O3/c1-12-6-8-14(20)17(10-12)24-13-7-9-15(21)16(11-13)22(5)18(23)25-19(2,3)4/h6-11H,21H2,1-5H3. The first-order valence-corrected chi connectivity index (χ1v) is 7.87. The molecule has 2 rings (SSSR count). The van der Waals surface area contributed by atoms with Gasteiger partial charge in [0.2, 0.25) is 0 Å². The van der Waals surface area contributed by atoms with E-state index in [1.807, 2.05) is 6.92 Å². The van der Waals surface area contributed by atoms with Crippen molar-refractivity contribution in [3.05, 3.63) is 47.8 Å². The minimum absolute atomic E-state index is 0.107. The van der Waals surface area contributed by atoms with E-state index in [-0.39, 0.29) is 5.75 Å². The van der Waals surface area contributed by atoms with Gasteiger partial charge in [0.15, 0.2) is 11.6 Å². The molecule has 2 aromatic carbocycles. The van der Waals surface area contributed by atoms with Gasteiger partial charge in [-0.15, -0.1) is 0 Å². The van der Waals surface area contributed by atoms with E-state index in [0.29, 0.717) is 17.1 Å². The average molecular weight is 346 g/mol. The molecule has 0 spiro atoms. The molecule has 134 valence electrons. The van der Waals surface area contributed by atoms with E-state index in [4.69, 9.17) is 15.2 Å². The third-order valence-electron chi connectivity index (χ3n) is 3.35. The lowest BCUT2D eigenvalue weighted by atomic mass is 10.2. The highest BCUT2D eigenvalue weighted by Gasteiger charge is 2.22. The molecule has 0 fully saturated rings. The molecule has 0 aromatic heterocycles. The highest BCUT2D eigenvalue weighted by Crippen LogP contribution is 2.32. The predicted molar refractivity (Wildman–Crippen MR) is 96.7 cm³/mol. The summed E-state index contributed by atoms with van der Waals surface area (Å²) in [6.45, 7) is 7.18. The average Bonchev–Trinajstić information content (AvgIpc) is 2.50. The molecule has 0 bridgehead atoms. The molecule has 2 N–H and O–H groups in total. The molecule has 5 nitrogen and oxygen atoms in total. The zero-order valence-electron chi connectivity index (χ0n) is 15.1. The van der Waals surface area contributed by atoms with Crippen LogP contribution in [-0.4, -0.2) is 18.7 Å². The van der Waals surface area contributed by atoms with Crippen LogP contribution in [0.4, 0.5) is 20.6 Å². The van der Waals surface area contributed by atoms with E-state index in [0.717, 1.165) is 5.56 Å². The monoisotopic (exact) mass is 346 g/mol. The Labute approximate surface area is 147 Å². The summed E-state index contributed by atoms with van der Waals surface area (Å²) < 4.78 is 24.8. The van der Waals surface area contributed by atoms with Crippen molar-refractivity contribution in [2.45, 2.75) is 33.3 Å². The Kier molecular flexibility index (Phi) is 5.21. The van der Waals surface area contributed by atoms with Crippen molar-refractivity contribution in [3.8, 4) is 11.5 Å². The van der Waals surface area contributed by atoms with Crippen LogP contribution in [-0.2, 0) is 4.74 Å². The van der Waals surface area contributed by atoms with Gasteiger partial charge < -0.3 is 15.2 Å². The molecular weight excluding hydrogens is 323 g/mol.